The second-order valence-corrected chi connectivity index (χ2v) is 13.0. The Kier molecular flexibility index (Phi) is 15.4. The Morgan fingerprint density at radius 2 is 1.11 bits per heavy atom. The molecular weight excluding hydrogens is 743 g/mol. The minimum Gasteiger partial charge on any atom is -0.388 e. The number of amidine groups is 1. The fraction of sp³-hybridized carbons (Fsp3) is 0.361. The van der Waals surface area contributed by atoms with Crippen LogP contribution in [0.5, 0.6) is 0 Å². The maximum absolute atomic E-state index is 13.5. The molecule has 286 valence electrons. The van der Waals surface area contributed by atoms with Gasteiger partial charge in [0, 0.05) is 84.3 Å². The van der Waals surface area contributed by atoms with Gasteiger partial charge in [-0.15, -0.1) is 35.6 Å². The summed E-state index contributed by atoms with van der Waals surface area (Å²) in [6.45, 7) is 10.7. The Morgan fingerprint density at radius 3 is 1.49 bits per heavy atom. The van der Waals surface area contributed by atoms with Crippen molar-refractivity contribution in [2.45, 2.75) is 53.9 Å². The number of hydrogen-bond acceptors (Lipinski definition) is 6. The molecule has 4 aromatic rings. The number of H-pyrrole nitrogens is 3. The standard InChI is InChI=1S/C36H46Cl2N10O4.ClH/c1-6-22-14-24(15-23(7-2)32(22)48(12-9-37)13-10-38)33(49)45-25-16-43-30(20(25)4)35(51)47-27-18-44-31(21(27)5)36(52)46-26-17-42-29(19(26)3)34(50)41-11-8-28(39)40;/h14-18,42-44H,6-13H2,1-5H3,(H3,39,40)(H,41,50)(H,45,49)(H,46,52)(H,47,51);1H. The van der Waals surface area contributed by atoms with Crippen LogP contribution in [-0.4, -0.2) is 75.8 Å². The first-order valence-electron chi connectivity index (χ1n) is 17.0. The molecule has 3 heterocycles. The summed E-state index contributed by atoms with van der Waals surface area (Å²) in [6.07, 6.45) is 6.26. The van der Waals surface area contributed by atoms with E-state index in [1.807, 2.05) is 26.0 Å². The molecule has 14 nitrogen and oxygen atoms in total. The molecule has 10 N–H and O–H groups in total. The second-order valence-electron chi connectivity index (χ2n) is 12.2. The number of nitrogens with two attached hydrogens (primary N) is 1. The van der Waals surface area contributed by atoms with Gasteiger partial charge in [0.1, 0.15) is 17.1 Å². The average Bonchev–Trinajstić information content (AvgIpc) is 3.79. The number of aromatic amines is 3. The lowest BCUT2D eigenvalue weighted by molar-refractivity contribution is 0.0947. The van der Waals surface area contributed by atoms with Crippen LogP contribution in [-0.2, 0) is 12.8 Å². The molecule has 4 amide bonds. The maximum atomic E-state index is 13.5. The quantitative estimate of drug-likeness (QED) is 0.0343. The third kappa shape index (κ3) is 9.95. The number of rotatable bonds is 17. The molecule has 0 radical (unpaired) electrons. The Labute approximate surface area is 324 Å². The number of aryl methyl sites for hydroxylation is 2. The summed E-state index contributed by atoms with van der Waals surface area (Å²) in [5, 5.41) is 18.5. The molecule has 0 aliphatic heterocycles. The van der Waals surface area contributed by atoms with Crippen LogP contribution in [0.25, 0.3) is 0 Å². The van der Waals surface area contributed by atoms with Crippen LogP contribution < -0.4 is 31.9 Å². The van der Waals surface area contributed by atoms with E-state index in [1.165, 1.54) is 12.4 Å². The van der Waals surface area contributed by atoms with Crippen LogP contribution in [0, 0.1) is 26.2 Å². The summed E-state index contributed by atoms with van der Waals surface area (Å²) in [5.41, 5.74) is 12.5. The number of anilines is 4. The molecule has 0 fully saturated rings. The van der Waals surface area contributed by atoms with E-state index in [0.29, 0.717) is 64.2 Å². The number of nitrogens with zero attached hydrogens (tertiary/aromatic N) is 1. The van der Waals surface area contributed by atoms with E-state index in [-0.39, 0.29) is 60.1 Å². The Hall–Kier alpha value is -4.92. The van der Waals surface area contributed by atoms with Gasteiger partial charge in [-0.25, -0.2) is 0 Å². The molecule has 17 heteroatoms. The fourth-order valence-corrected chi connectivity index (χ4v) is 6.33. The van der Waals surface area contributed by atoms with Crippen molar-refractivity contribution in [3.05, 3.63) is 81.2 Å². The topological polar surface area (TPSA) is 217 Å². The Balaban J connectivity index is 0.00000756. The molecule has 0 spiro atoms. The number of alkyl halides is 2. The summed E-state index contributed by atoms with van der Waals surface area (Å²) >= 11 is 12.2. The van der Waals surface area contributed by atoms with E-state index < -0.39 is 11.8 Å². The highest BCUT2D eigenvalue weighted by Crippen LogP contribution is 2.30. The molecular formula is C36H47Cl3N10O4. The fourth-order valence-electron chi connectivity index (χ4n) is 5.92. The lowest BCUT2D eigenvalue weighted by atomic mass is 9.97. The SMILES string of the molecule is CCc1cc(C(=O)Nc2c[nH]c(C(=O)Nc3c[nH]c(C(=O)Nc4c[nH]c(C(=O)NCCC(=N)N)c4C)c3C)c2C)cc(CC)c1N(CCCl)CCCl.Cl. The molecule has 0 aliphatic rings. The number of aromatic nitrogens is 3. The summed E-state index contributed by atoms with van der Waals surface area (Å²) in [5.74, 6) is -0.745. The van der Waals surface area contributed by atoms with Crippen molar-refractivity contribution >= 4 is 87.8 Å². The summed E-state index contributed by atoms with van der Waals surface area (Å²) < 4.78 is 0. The molecule has 1 aromatic carbocycles. The van der Waals surface area contributed by atoms with Gasteiger partial charge >= 0.3 is 0 Å². The molecule has 0 bridgehead atoms. The van der Waals surface area contributed by atoms with Crippen molar-refractivity contribution in [2.75, 3.05) is 52.2 Å². The smallest absolute Gasteiger partial charge is 0.272 e. The van der Waals surface area contributed by atoms with E-state index >= 15 is 0 Å². The summed E-state index contributed by atoms with van der Waals surface area (Å²) in [6, 6.07) is 3.78. The number of carbonyl (C=O) groups is 4. The zero-order chi connectivity index (χ0) is 38.1. The first-order chi connectivity index (χ1) is 24.8. The minimum atomic E-state index is -0.471. The lowest BCUT2D eigenvalue weighted by Gasteiger charge is -2.28. The van der Waals surface area contributed by atoms with Gasteiger partial charge in [-0.1, -0.05) is 13.8 Å². The molecule has 53 heavy (non-hydrogen) atoms. The predicted molar refractivity (Wildman–Crippen MR) is 215 cm³/mol. The van der Waals surface area contributed by atoms with Crippen LogP contribution in [0.3, 0.4) is 0 Å². The lowest BCUT2D eigenvalue weighted by Crippen LogP contribution is -2.30. The summed E-state index contributed by atoms with van der Waals surface area (Å²) in [7, 11) is 0. The highest BCUT2D eigenvalue weighted by atomic mass is 35.5. The van der Waals surface area contributed by atoms with Crippen molar-refractivity contribution in [3.8, 4) is 0 Å². The maximum Gasteiger partial charge on any atom is 0.272 e. The molecule has 0 saturated heterocycles. The third-order valence-electron chi connectivity index (χ3n) is 8.84. The molecule has 0 saturated carbocycles. The number of carbonyl (C=O) groups excluding carboxylic acids is 4. The van der Waals surface area contributed by atoms with Crippen LogP contribution >= 0.6 is 35.6 Å². The van der Waals surface area contributed by atoms with Crippen molar-refractivity contribution in [3.63, 3.8) is 0 Å². The normalized spacial score (nSPS) is 10.7. The van der Waals surface area contributed by atoms with Gasteiger partial charge in [-0.2, -0.15) is 0 Å². The van der Waals surface area contributed by atoms with Crippen LogP contribution in [0.15, 0.2) is 30.7 Å². The Morgan fingerprint density at radius 1 is 0.717 bits per heavy atom. The van der Waals surface area contributed by atoms with Gasteiger partial charge < -0.3 is 46.9 Å². The van der Waals surface area contributed by atoms with Gasteiger partial charge in [0.25, 0.3) is 23.6 Å². The molecule has 0 atom stereocenters. The van der Waals surface area contributed by atoms with E-state index in [1.54, 1.807) is 27.0 Å². The van der Waals surface area contributed by atoms with E-state index in [4.69, 9.17) is 34.3 Å². The summed E-state index contributed by atoms with van der Waals surface area (Å²) in [4.78, 5) is 63.5. The molecule has 4 rings (SSSR count). The van der Waals surface area contributed by atoms with E-state index in [9.17, 15) is 19.2 Å². The number of halogens is 3. The highest BCUT2D eigenvalue weighted by molar-refractivity contribution is 6.18. The monoisotopic (exact) mass is 788 g/mol. The van der Waals surface area contributed by atoms with Crippen LogP contribution in [0.4, 0.5) is 22.7 Å². The van der Waals surface area contributed by atoms with Crippen LogP contribution in [0.1, 0.15) is 89.9 Å². The van der Waals surface area contributed by atoms with Crippen LogP contribution in [0.2, 0.25) is 0 Å². The predicted octanol–water partition coefficient (Wildman–Crippen LogP) is 6.24. The zero-order valence-corrected chi connectivity index (χ0v) is 32.7. The van der Waals surface area contributed by atoms with Crippen molar-refractivity contribution < 1.29 is 19.2 Å². The first-order valence-corrected chi connectivity index (χ1v) is 18.0. The van der Waals surface area contributed by atoms with Crippen molar-refractivity contribution in [1.82, 2.24) is 20.3 Å². The largest absolute Gasteiger partial charge is 0.388 e. The number of nitrogens with one attached hydrogen (secondary N) is 8. The number of hydrogen-bond donors (Lipinski definition) is 9. The van der Waals surface area contributed by atoms with Gasteiger partial charge in [0.05, 0.1) is 22.9 Å². The highest BCUT2D eigenvalue weighted by Gasteiger charge is 2.23. The van der Waals surface area contributed by atoms with Gasteiger partial charge in [-0.3, -0.25) is 24.6 Å². The van der Waals surface area contributed by atoms with E-state index in [2.05, 4.69) is 41.1 Å². The minimum absolute atomic E-state index is 0. The zero-order valence-electron chi connectivity index (χ0n) is 30.4. The van der Waals surface area contributed by atoms with Gasteiger partial charge in [0.15, 0.2) is 0 Å². The molecule has 0 unspecified atom stereocenters. The number of amides is 4. The number of benzene rings is 1. The first kappa shape index (κ1) is 42.5. The Bertz CT molecular complexity index is 1930. The molecule has 0 aliphatic carbocycles. The van der Waals surface area contributed by atoms with Gasteiger partial charge in [-0.05, 0) is 56.9 Å². The van der Waals surface area contributed by atoms with Gasteiger partial charge in [0.2, 0.25) is 0 Å². The molecule has 3 aromatic heterocycles. The second kappa shape index (κ2) is 19.2. The van der Waals surface area contributed by atoms with E-state index in [0.717, 1.165) is 29.7 Å². The average molecular weight is 790 g/mol. The van der Waals surface area contributed by atoms with Crippen molar-refractivity contribution in [1.29, 1.82) is 5.41 Å². The third-order valence-corrected chi connectivity index (χ3v) is 9.18. The van der Waals surface area contributed by atoms with Crippen molar-refractivity contribution in [2.24, 2.45) is 5.73 Å².